The molecule has 0 N–H and O–H groups in total. The zero-order valence-electron chi connectivity index (χ0n) is 7.92. The van der Waals surface area contributed by atoms with Crippen LogP contribution in [0.5, 0.6) is 0 Å². The van der Waals surface area contributed by atoms with Crippen molar-refractivity contribution in [3.63, 3.8) is 0 Å². The van der Waals surface area contributed by atoms with Crippen LogP contribution in [-0.4, -0.2) is 24.1 Å². The van der Waals surface area contributed by atoms with Crippen LogP contribution in [0.2, 0.25) is 0 Å². The molecule has 1 aromatic heterocycles. The van der Waals surface area contributed by atoms with Crippen LogP contribution in [0.15, 0.2) is 11.1 Å². The predicted molar refractivity (Wildman–Crippen MR) is 44.7 cm³/mol. The van der Waals surface area contributed by atoms with E-state index in [-0.39, 0.29) is 0 Å². The Bertz CT molecular complexity index is 498. The van der Waals surface area contributed by atoms with Gasteiger partial charge in [0.2, 0.25) is 11.8 Å². The lowest BCUT2D eigenvalue weighted by molar-refractivity contribution is -0.145. The highest BCUT2D eigenvalue weighted by Gasteiger charge is 2.36. The lowest BCUT2D eigenvalue weighted by Gasteiger charge is -2.06. The third-order valence-electron chi connectivity index (χ3n) is 1.68. The summed E-state index contributed by atoms with van der Waals surface area (Å²) in [5.74, 6) is -3.84. The predicted octanol–water partition coefficient (Wildman–Crippen LogP) is 1.43. The Morgan fingerprint density at radius 2 is 1.94 bits per heavy atom. The Labute approximate surface area is 88.3 Å². The van der Waals surface area contributed by atoms with Crippen molar-refractivity contribution in [1.82, 2.24) is 9.97 Å². The lowest BCUT2D eigenvalue weighted by Crippen LogP contribution is -2.15. The number of nitrogens with zero attached hydrogens (tertiary/aromatic N) is 2. The van der Waals surface area contributed by atoms with Crippen molar-refractivity contribution >= 4 is 9.84 Å². The Kier molecular flexibility index (Phi) is 3.17. The molecule has 4 nitrogen and oxygen atoms in total. The second-order valence-electron chi connectivity index (χ2n) is 2.75. The first-order valence-corrected chi connectivity index (χ1v) is 5.66. The van der Waals surface area contributed by atoms with Gasteiger partial charge in [0.25, 0.3) is 0 Å². The number of sulfone groups is 1. The molecular formula is C7H6F4N2O2S. The van der Waals surface area contributed by atoms with Gasteiger partial charge in [-0.05, 0) is 0 Å². The van der Waals surface area contributed by atoms with E-state index in [1.165, 1.54) is 6.92 Å². The molecule has 0 aromatic carbocycles. The van der Waals surface area contributed by atoms with Gasteiger partial charge in [0.1, 0.15) is 4.90 Å². The quantitative estimate of drug-likeness (QED) is 0.594. The summed E-state index contributed by atoms with van der Waals surface area (Å²) < 4.78 is 71.5. The van der Waals surface area contributed by atoms with E-state index in [1.807, 2.05) is 0 Å². The van der Waals surface area contributed by atoms with Crippen molar-refractivity contribution in [2.45, 2.75) is 18.0 Å². The molecule has 0 bridgehead atoms. The first kappa shape index (κ1) is 12.8. The Balaban J connectivity index is 3.32. The lowest BCUT2D eigenvalue weighted by atomic mass is 10.5. The zero-order chi connectivity index (χ0) is 12.6. The van der Waals surface area contributed by atoms with Gasteiger partial charge in [-0.25, -0.2) is 13.4 Å². The Hall–Kier alpha value is -1.25. The minimum Gasteiger partial charge on any atom is -0.231 e. The van der Waals surface area contributed by atoms with Crippen molar-refractivity contribution in [1.29, 1.82) is 0 Å². The highest BCUT2D eigenvalue weighted by Crippen LogP contribution is 2.26. The molecule has 0 saturated carbocycles. The number of aromatic nitrogens is 2. The molecule has 0 aliphatic carbocycles. The normalized spacial score (nSPS) is 12.8. The summed E-state index contributed by atoms with van der Waals surface area (Å²) in [4.78, 5) is 4.32. The van der Waals surface area contributed by atoms with Gasteiger partial charge in [-0.15, -0.1) is 0 Å². The molecule has 9 heteroatoms. The van der Waals surface area contributed by atoms with Gasteiger partial charge in [-0.2, -0.15) is 22.5 Å². The van der Waals surface area contributed by atoms with E-state index in [9.17, 15) is 26.0 Å². The molecule has 1 rings (SSSR count). The SMILES string of the molecule is CCS(=O)(=O)c1cnc(C(F)(F)F)nc1F. The number of hydrogen-bond acceptors (Lipinski definition) is 4. The second-order valence-corrected chi connectivity index (χ2v) is 5.00. The minimum absolute atomic E-state index is 0.323. The molecule has 0 aliphatic heterocycles. The third-order valence-corrected chi connectivity index (χ3v) is 3.38. The van der Waals surface area contributed by atoms with Crippen molar-refractivity contribution in [3.05, 3.63) is 18.0 Å². The van der Waals surface area contributed by atoms with Crippen LogP contribution < -0.4 is 0 Å². The summed E-state index contributed by atoms with van der Waals surface area (Å²) in [6.07, 6.45) is -4.58. The molecule has 1 aromatic rings. The zero-order valence-corrected chi connectivity index (χ0v) is 8.73. The van der Waals surface area contributed by atoms with E-state index >= 15 is 0 Å². The molecule has 0 atom stereocenters. The van der Waals surface area contributed by atoms with Gasteiger partial charge in [0.05, 0.1) is 11.9 Å². The van der Waals surface area contributed by atoms with Crippen molar-refractivity contribution in [2.24, 2.45) is 0 Å². The molecule has 0 amide bonds. The molecule has 0 spiro atoms. The van der Waals surface area contributed by atoms with E-state index < -0.39 is 38.4 Å². The molecule has 16 heavy (non-hydrogen) atoms. The maximum atomic E-state index is 13.0. The molecule has 0 unspecified atom stereocenters. The molecule has 0 aliphatic rings. The number of hydrogen-bond donors (Lipinski definition) is 0. The van der Waals surface area contributed by atoms with Crippen LogP contribution in [0.3, 0.4) is 0 Å². The van der Waals surface area contributed by atoms with Crippen molar-refractivity contribution < 1.29 is 26.0 Å². The average Bonchev–Trinajstić information content (AvgIpc) is 2.16. The van der Waals surface area contributed by atoms with Crippen LogP contribution in [0.1, 0.15) is 12.7 Å². The summed E-state index contributed by atoms with van der Waals surface area (Å²) in [7, 11) is -3.96. The third kappa shape index (κ3) is 2.46. The van der Waals surface area contributed by atoms with E-state index in [0.29, 0.717) is 6.20 Å². The fourth-order valence-electron chi connectivity index (χ4n) is 0.851. The van der Waals surface area contributed by atoms with E-state index in [2.05, 4.69) is 9.97 Å². The number of halogens is 4. The molecule has 1 heterocycles. The largest absolute Gasteiger partial charge is 0.451 e. The maximum Gasteiger partial charge on any atom is 0.451 e. The Morgan fingerprint density at radius 3 is 2.31 bits per heavy atom. The maximum absolute atomic E-state index is 13.0. The van der Waals surface area contributed by atoms with Crippen LogP contribution >= 0.6 is 0 Å². The summed E-state index contributed by atoms with van der Waals surface area (Å²) in [6, 6.07) is 0. The molecule has 0 radical (unpaired) electrons. The van der Waals surface area contributed by atoms with Gasteiger partial charge in [0.15, 0.2) is 9.84 Å². The standard InChI is InChI=1S/C7H6F4N2O2S/c1-2-16(14,15)4-3-12-6(7(9,10)11)13-5(4)8/h3H,2H2,1H3. The van der Waals surface area contributed by atoms with Crippen LogP contribution in [-0.2, 0) is 16.0 Å². The van der Waals surface area contributed by atoms with E-state index in [4.69, 9.17) is 0 Å². The molecule has 90 valence electrons. The van der Waals surface area contributed by atoms with E-state index in [0.717, 1.165) is 0 Å². The van der Waals surface area contributed by atoms with Crippen molar-refractivity contribution in [2.75, 3.05) is 5.75 Å². The first-order valence-electron chi connectivity index (χ1n) is 4.01. The van der Waals surface area contributed by atoms with Crippen LogP contribution in [0, 0.1) is 5.95 Å². The molecule has 0 saturated heterocycles. The van der Waals surface area contributed by atoms with Gasteiger partial charge < -0.3 is 0 Å². The molecule has 0 fully saturated rings. The first-order chi connectivity index (χ1) is 7.18. The van der Waals surface area contributed by atoms with Crippen LogP contribution in [0.25, 0.3) is 0 Å². The van der Waals surface area contributed by atoms with Gasteiger partial charge >= 0.3 is 6.18 Å². The topological polar surface area (TPSA) is 59.9 Å². The highest BCUT2D eigenvalue weighted by molar-refractivity contribution is 7.91. The minimum atomic E-state index is -4.91. The fourth-order valence-corrected chi connectivity index (χ4v) is 1.68. The monoisotopic (exact) mass is 258 g/mol. The van der Waals surface area contributed by atoms with Gasteiger partial charge in [-0.3, -0.25) is 0 Å². The average molecular weight is 258 g/mol. The summed E-state index contributed by atoms with van der Waals surface area (Å²) >= 11 is 0. The van der Waals surface area contributed by atoms with Crippen molar-refractivity contribution in [3.8, 4) is 0 Å². The van der Waals surface area contributed by atoms with E-state index in [1.54, 1.807) is 0 Å². The van der Waals surface area contributed by atoms with Crippen LogP contribution in [0.4, 0.5) is 17.6 Å². The highest BCUT2D eigenvalue weighted by atomic mass is 32.2. The summed E-state index contributed by atoms with van der Waals surface area (Å²) in [5, 5.41) is 0. The number of rotatable bonds is 2. The van der Waals surface area contributed by atoms with Gasteiger partial charge in [0, 0.05) is 0 Å². The number of alkyl halides is 3. The fraction of sp³-hybridized carbons (Fsp3) is 0.429. The summed E-state index contributed by atoms with van der Waals surface area (Å²) in [5.41, 5.74) is 0. The van der Waals surface area contributed by atoms with Gasteiger partial charge in [-0.1, -0.05) is 6.92 Å². The second kappa shape index (κ2) is 3.96. The smallest absolute Gasteiger partial charge is 0.231 e. The Morgan fingerprint density at radius 1 is 1.38 bits per heavy atom. The molecular weight excluding hydrogens is 252 g/mol. The summed E-state index contributed by atoms with van der Waals surface area (Å²) in [6.45, 7) is 1.23.